The number of aromatic nitrogens is 2. The zero-order chi connectivity index (χ0) is 17.8. The molecular weight excluding hydrogens is 358 g/mol. The summed E-state index contributed by atoms with van der Waals surface area (Å²) >= 11 is 11.3. The van der Waals surface area contributed by atoms with Gasteiger partial charge in [-0.15, -0.1) is 5.10 Å². The lowest BCUT2D eigenvalue weighted by atomic mass is 10.2. The molecule has 25 heavy (non-hydrogen) atoms. The van der Waals surface area contributed by atoms with Gasteiger partial charge < -0.3 is 14.1 Å². The number of benzene rings is 2. The Morgan fingerprint density at radius 2 is 2.00 bits per heavy atom. The van der Waals surface area contributed by atoms with Crippen LogP contribution in [0.1, 0.15) is 5.56 Å². The number of halogens is 1. The predicted molar refractivity (Wildman–Crippen MR) is 99.4 cm³/mol. The molecular formula is C18H19ClN3O2S+. The SMILES string of the molecule is COc1ccc(-c2nn(C[NH+](C)Cc3cccc(Cl)c3)c(=S)o2)cc1. The molecule has 1 unspecified atom stereocenters. The second kappa shape index (κ2) is 7.82. The first-order valence-corrected chi connectivity index (χ1v) is 8.62. The van der Waals surface area contributed by atoms with Crippen molar-refractivity contribution in [3.8, 4) is 17.2 Å². The van der Waals surface area contributed by atoms with E-state index in [2.05, 4.69) is 18.2 Å². The first-order valence-electron chi connectivity index (χ1n) is 7.83. The largest absolute Gasteiger partial charge is 0.497 e. The Kier molecular flexibility index (Phi) is 5.53. The first kappa shape index (κ1) is 17.7. The number of rotatable bonds is 6. The number of methoxy groups -OCH3 is 1. The third kappa shape index (κ3) is 4.48. The summed E-state index contributed by atoms with van der Waals surface area (Å²) in [5.41, 5.74) is 2.02. The topological polar surface area (TPSA) is 44.6 Å². The van der Waals surface area contributed by atoms with Gasteiger partial charge in [0.05, 0.1) is 14.2 Å². The summed E-state index contributed by atoms with van der Waals surface area (Å²) in [5.74, 6) is 1.29. The molecule has 1 aromatic heterocycles. The Morgan fingerprint density at radius 3 is 2.68 bits per heavy atom. The Hall–Kier alpha value is -2.15. The zero-order valence-corrected chi connectivity index (χ0v) is 15.6. The molecule has 0 bridgehead atoms. The van der Waals surface area contributed by atoms with E-state index >= 15 is 0 Å². The van der Waals surface area contributed by atoms with Crippen LogP contribution in [0.3, 0.4) is 0 Å². The maximum atomic E-state index is 6.04. The monoisotopic (exact) mass is 376 g/mol. The quantitative estimate of drug-likeness (QED) is 0.671. The van der Waals surface area contributed by atoms with E-state index in [-0.39, 0.29) is 0 Å². The van der Waals surface area contributed by atoms with E-state index in [0.29, 0.717) is 17.4 Å². The van der Waals surface area contributed by atoms with Crippen molar-refractivity contribution in [3.05, 3.63) is 64.0 Å². The summed E-state index contributed by atoms with van der Waals surface area (Å²) in [6, 6.07) is 15.4. The number of quaternary nitrogens is 1. The number of nitrogens with one attached hydrogen (secondary N) is 1. The average molecular weight is 377 g/mol. The first-order chi connectivity index (χ1) is 12.0. The maximum Gasteiger partial charge on any atom is 0.292 e. The van der Waals surface area contributed by atoms with E-state index in [4.69, 9.17) is 33.0 Å². The van der Waals surface area contributed by atoms with E-state index in [1.807, 2.05) is 42.5 Å². The van der Waals surface area contributed by atoms with Crippen molar-refractivity contribution in [3.63, 3.8) is 0 Å². The normalized spacial score (nSPS) is 12.1. The van der Waals surface area contributed by atoms with Gasteiger partial charge in [-0.2, -0.15) is 4.68 Å². The van der Waals surface area contributed by atoms with Gasteiger partial charge in [-0.3, -0.25) is 0 Å². The van der Waals surface area contributed by atoms with Crippen LogP contribution in [0, 0.1) is 4.84 Å². The molecule has 0 saturated heterocycles. The summed E-state index contributed by atoms with van der Waals surface area (Å²) in [6.45, 7) is 1.41. The van der Waals surface area contributed by atoms with Gasteiger partial charge in [0.1, 0.15) is 12.3 Å². The van der Waals surface area contributed by atoms with Crippen molar-refractivity contribution in [2.75, 3.05) is 14.2 Å². The van der Waals surface area contributed by atoms with E-state index in [0.717, 1.165) is 28.4 Å². The lowest BCUT2D eigenvalue weighted by molar-refractivity contribution is -0.917. The summed E-state index contributed by atoms with van der Waals surface area (Å²) in [4.78, 5) is 1.57. The van der Waals surface area contributed by atoms with Gasteiger partial charge in [0, 0.05) is 16.1 Å². The summed E-state index contributed by atoms with van der Waals surface area (Å²) in [5, 5.41) is 5.23. The highest BCUT2D eigenvalue weighted by Crippen LogP contribution is 2.21. The summed E-state index contributed by atoms with van der Waals surface area (Å²) < 4.78 is 12.5. The molecule has 0 saturated carbocycles. The van der Waals surface area contributed by atoms with Crippen molar-refractivity contribution in [1.82, 2.24) is 9.78 Å². The van der Waals surface area contributed by atoms with Gasteiger partial charge >= 0.3 is 0 Å². The van der Waals surface area contributed by atoms with E-state index in [1.165, 1.54) is 4.90 Å². The van der Waals surface area contributed by atoms with Crippen molar-refractivity contribution < 1.29 is 14.1 Å². The molecule has 1 N–H and O–H groups in total. The minimum Gasteiger partial charge on any atom is -0.497 e. The molecule has 2 aromatic carbocycles. The fourth-order valence-electron chi connectivity index (χ4n) is 2.56. The van der Waals surface area contributed by atoms with Gasteiger partial charge in [-0.05, 0) is 48.6 Å². The zero-order valence-electron chi connectivity index (χ0n) is 14.0. The Bertz CT molecular complexity index is 905. The van der Waals surface area contributed by atoms with E-state index in [1.54, 1.807) is 11.8 Å². The highest BCUT2D eigenvalue weighted by molar-refractivity contribution is 7.71. The summed E-state index contributed by atoms with van der Waals surface area (Å²) in [6.07, 6.45) is 0. The van der Waals surface area contributed by atoms with Crippen LogP contribution in [-0.2, 0) is 13.2 Å². The van der Waals surface area contributed by atoms with Crippen molar-refractivity contribution in [1.29, 1.82) is 0 Å². The average Bonchev–Trinajstić information content (AvgIpc) is 2.95. The molecule has 130 valence electrons. The van der Waals surface area contributed by atoms with Gasteiger partial charge in [0.2, 0.25) is 5.89 Å². The molecule has 7 heteroatoms. The number of hydrogen-bond acceptors (Lipinski definition) is 4. The fraction of sp³-hybridized carbons (Fsp3) is 0.222. The van der Waals surface area contributed by atoms with Crippen molar-refractivity contribution in [2.45, 2.75) is 13.2 Å². The summed E-state index contributed by atoms with van der Waals surface area (Å²) in [7, 11) is 3.71. The number of ether oxygens (including phenoxy) is 1. The van der Waals surface area contributed by atoms with Crippen LogP contribution in [0.15, 0.2) is 52.9 Å². The fourth-order valence-corrected chi connectivity index (χ4v) is 2.96. The van der Waals surface area contributed by atoms with Crippen LogP contribution >= 0.6 is 23.8 Å². The highest BCUT2D eigenvalue weighted by Gasteiger charge is 2.12. The molecule has 1 heterocycles. The minimum atomic E-state index is 0.358. The molecule has 3 rings (SSSR count). The molecule has 0 aliphatic heterocycles. The van der Waals surface area contributed by atoms with Gasteiger partial charge in [-0.1, -0.05) is 23.7 Å². The van der Waals surface area contributed by atoms with E-state index in [9.17, 15) is 0 Å². The molecule has 0 radical (unpaired) electrons. The third-order valence-corrected chi connectivity index (χ3v) is 4.29. The predicted octanol–water partition coefficient (Wildman–Crippen LogP) is 3.21. The molecule has 1 atom stereocenters. The lowest BCUT2D eigenvalue weighted by Gasteiger charge is -2.13. The molecule has 0 spiro atoms. The smallest absolute Gasteiger partial charge is 0.292 e. The molecule has 0 aliphatic carbocycles. The van der Waals surface area contributed by atoms with Gasteiger partial charge in [0.15, 0.2) is 6.67 Å². The number of hydrogen-bond donors (Lipinski definition) is 1. The third-order valence-electron chi connectivity index (χ3n) is 3.76. The van der Waals surface area contributed by atoms with Crippen LogP contribution in [0.4, 0.5) is 0 Å². The molecule has 3 aromatic rings. The Labute approximate surface area is 156 Å². The van der Waals surface area contributed by atoms with Crippen LogP contribution in [0.25, 0.3) is 11.5 Å². The van der Waals surface area contributed by atoms with Gasteiger partial charge in [-0.25, -0.2) is 0 Å². The van der Waals surface area contributed by atoms with Crippen LogP contribution in [-0.4, -0.2) is 23.9 Å². The minimum absolute atomic E-state index is 0.358. The van der Waals surface area contributed by atoms with Crippen LogP contribution in [0.2, 0.25) is 5.02 Å². The highest BCUT2D eigenvalue weighted by atomic mass is 35.5. The van der Waals surface area contributed by atoms with Gasteiger partial charge in [0.25, 0.3) is 4.84 Å². The molecule has 0 amide bonds. The molecule has 5 nitrogen and oxygen atoms in total. The second-order valence-corrected chi connectivity index (χ2v) is 6.61. The van der Waals surface area contributed by atoms with E-state index < -0.39 is 0 Å². The maximum absolute atomic E-state index is 6.04. The second-order valence-electron chi connectivity index (χ2n) is 5.82. The number of nitrogens with zero attached hydrogens (tertiary/aromatic N) is 2. The molecule has 0 fully saturated rings. The Morgan fingerprint density at radius 1 is 1.24 bits per heavy atom. The molecule has 0 aliphatic rings. The Balaban J connectivity index is 1.72. The van der Waals surface area contributed by atoms with Crippen molar-refractivity contribution in [2.24, 2.45) is 0 Å². The van der Waals surface area contributed by atoms with Crippen molar-refractivity contribution >= 4 is 23.8 Å². The van der Waals surface area contributed by atoms with Crippen LogP contribution < -0.4 is 9.64 Å². The standard InChI is InChI=1S/C18H18ClN3O2S/c1-21(11-13-4-3-5-15(19)10-13)12-22-18(25)24-17(20-22)14-6-8-16(23-2)9-7-14/h3-10H,11-12H2,1-2H3/p+1. The lowest BCUT2D eigenvalue weighted by Crippen LogP contribution is -3.07. The van der Waals surface area contributed by atoms with Crippen LogP contribution in [0.5, 0.6) is 5.75 Å².